The van der Waals surface area contributed by atoms with Crippen molar-refractivity contribution in [2.24, 2.45) is 0 Å². The molecule has 0 fully saturated rings. The summed E-state index contributed by atoms with van der Waals surface area (Å²) in [5, 5.41) is 3.31. The van der Waals surface area contributed by atoms with Crippen LogP contribution in [0.2, 0.25) is 0 Å². The molecule has 94 valence electrons. The molecule has 1 aromatic heterocycles. The van der Waals surface area contributed by atoms with Gasteiger partial charge in [0.2, 0.25) is 0 Å². The number of nitrogens with two attached hydrogens (primary N) is 1. The quantitative estimate of drug-likeness (QED) is 0.866. The molecule has 2 aromatic rings. The minimum Gasteiger partial charge on any atom is -0.397 e. The highest BCUT2D eigenvalue weighted by Crippen LogP contribution is 2.23. The summed E-state index contributed by atoms with van der Waals surface area (Å²) in [6.07, 6.45) is 1.65. The predicted molar refractivity (Wildman–Crippen MR) is 73.8 cm³/mol. The first-order valence-corrected chi connectivity index (χ1v) is 5.76. The predicted octanol–water partition coefficient (Wildman–Crippen LogP) is 2.86. The monoisotopic (exact) mass is 243 g/mol. The fraction of sp³-hybridized carbons (Fsp3) is 0.214. The fourth-order valence-electron chi connectivity index (χ4n) is 1.78. The molecule has 0 spiro atoms. The van der Waals surface area contributed by atoms with Crippen LogP contribution in [0.15, 0.2) is 36.5 Å². The Morgan fingerprint density at radius 2 is 2.11 bits per heavy atom. The first-order chi connectivity index (χ1) is 8.70. The van der Waals surface area contributed by atoms with E-state index in [1.165, 1.54) is 0 Å². The summed E-state index contributed by atoms with van der Waals surface area (Å²) in [5.41, 5.74) is 9.47. The first kappa shape index (κ1) is 12.4. The number of pyridine rings is 1. The van der Waals surface area contributed by atoms with E-state index in [1.807, 2.05) is 37.3 Å². The van der Waals surface area contributed by atoms with Crippen LogP contribution in [-0.2, 0) is 11.3 Å². The maximum atomic E-state index is 5.69. The number of hydrogen-bond acceptors (Lipinski definition) is 4. The van der Waals surface area contributed by atoms with Gasteiger partial charge < -0.3 is 15.8 Å². The Bertz CT molecular complexity index is 540. The summed E-state index contributed by atoms with van der Waals surface area (Å²) in [7, 11) is 1.68. The van der Waals surface area contributed by atoms with Crippen molar-refractivity contribution in [1.82, 2.24) is 4.98 Å². The molecule has 0 saturated carbocycles. The van der Waals surface area contributed by atoms with Crippen molar-refractivity contribution >= 4 is 17.2 Å². The Kier molecular flexibility index (Phi) is 3.79. The van der Waals surface area contributed by atoms with Crippen LogP contribution >= 0.6 is 0 Å². The third-order valence-electron chi connectivity index (χ3n) is 2.67. The lowest BCUT2D eigenvalue weighted by Gasteiger charge is -2.12. The Labute approximate surface area is 107 Å². The molecule has 0 unspecified atom stereocenters. The number of rotatable bonds is 4. The van der Waals surface area contributed by atoms with Crippen LogP contribution in [0.3, 0.4) is 0 Å². The van der Waals surface area contributed by atoms with E-state index >= 15 is 0 Å². The third kappa shape index (κ3) is 2.78. The molecule has 0 bridgehead atoms. The largest absolute Gasteiger partial charge is 0.397 e. The number of anilines is 3. The van der Waals surface area contributed by atoms with E-state index in [0.717, 1.165) is 22.6 Å². The minimum absolute atomic E-state index is 0.567. The van der Waals surface area contributed by atoms with Crippen LogP contribution in [0.1, 0.15) is 11.1 Å². The minimum atomic E-state index is 0.567. The summed E-state index contributed by atoms with van der Waals surface area (Å²) >= 11 is 0. The summed E-state index contributed by atoms with van der Waals surface area (Å²) in [6, 6.07) is 9.90. The smallest absolute Gasteiger partial charge is 0.133 e. The van der Waals surface area contributed by atoms with Gasteiger partial charge in [-0.15, -0.1) is 0 Å². The standard InChI is InChI=1S/C14H17N3O/c1-10-7-12(15)8-16-14(10)17-13-6-4-3-5-11(13)9-18-2/h3-8H,9,15H2,1-2H3,(H,16,17). The van der Waals surface area contributed by atoms with Gasteiger partial charge in [0, 0.05) is 18.4 Å². The van der Waals surface area contributed by atoms with Gasteiger partial charge in [0.15, 0.2) is 0 Å². The van der Waals surface area contributed by atoms with E-state index in [1.54, 1.807) is 13.3 Å². The van der Waals surface area contributed by atoms with Gasteiger partial charge in [-0.2, -0.15) is 0 Å². The molecule has 4 heteroatoms. The van der Waals surface area contributed by atoms with Gasteiger partial charge in [0.1, 0.15) is 5.82 Å². The summed E-state index contributed by atoms with van der Waals surface area (Å²) in [5.74, 6) is 0.813. The van der Waals surface area contributed by atoms with Gasteiger partial charge in [-0.1, -0.05) is 18.2 Å². The van der Waals surface area contributed by atoms with Gasteiger partial charge in [0.05, 0.1) is 18.5 Å². The van der Waals surface area contributed by atoms with E-state index in [2.05, 4.69) is 10.3 Å². The van der Waals surface area contributed by atoms with Crippen LogP contribution in [-0.4, -0.2) is 12.1 Å². The van der Waals surface area contributed by atoms with E-state index in [-0.39, 0.29) is 0 Å². The average Bonchev–Trinajstić information content (AvgIpc) is 2.35. The van der Waals surface area contributed by atoms with Crippen molar-refractivity contribution < 1.29 is 4.74 Å². The highest BCUT2D eigenvalue weighted by atomic mass is 16.5. The number of nitrogens with zero attached hydrogens (tertiary/aromatic N) is 1. The van der Waals surface area contributed by atoms with E-state index < -0.39 is 0 Å². The van der Waals surface area contributed by atoms with Crippen LogP contribution in [0.5, 0.6) is 0 Å². The number of nitrogens with one attached hydrogen (secondary N) is 1. The lowest BCUT2D eigenvalue weighted by molar-refractivity contribution is 0.185. The molecular weight excluding hydrogens is 226 g/mol. The maximum Gasteiger partial charge on any atom is 0.133 e. The van der Waals surface area contributed by atoms with Crippen molar-refractivity contribution in [2.45, 2.75) is 13.5 Å². The molecule has 0 aliphatic heterocycles. The number of methoxy groups -OCH3 is 1. The lowest BCUT2D eigenvalue weighted by Crippen LogP contribution is -2.01. The zero-order valence-electron chi connectivity index (χ0n) is 10.6. The van der Waals surface area contributed by atoms with Crippen LogP contribution in [0.4, 0.5) is 17.2 Å². The van der Waals surface area contributed by atoms with Crippen molar-refractivity contribution in [2.75, 3.05) is 18.2 Å². The molecule has 4 nitrogen and oxygen atoms in total. The second-order valence-corrected chi connectivity index (χ2v) is 4.15. The second kappa shape index (κ2) is 5.51. The van der Waals surface area contributed by atoms with Gasteiger partial charge in [0.25, 0.3) is 0 Å². The van der Waals surface area contributed by atoms with Crippen molar-refractivity contribution in [1.29, 1.82) is 0 Å². The topological polar surface area (TPSA) is 60.2 Å². The van der Waals surface area contributed by atoms with E-state index in [4.69, 9.17) is 10.5 Å². The number of benzene rings is 1. The normalized spacial score (nSPS) is 10.3. The molecule has 0 radical (unpaired) electrons. The molecular formula is C14H17N3O. The van der Waals surface area contributed by atoms with Crippen LogP contribution in [0, 0.1) is 6.92 Å². The summed E-state index contributed by atoms with van der Waals surface area (Å²) < 4.78 is 5.18. The number of para-hydroxylation sites is 1. The van der Waals surface area contributed by atoms with Gasteiger partial charge in [-0.25, -0.2) is 4.98 Å². The SMILES string of the molecule is COCc1ccccc1Nc1ncc(N)cc1C. The second-order valence-electron chi connectivity index (χ2n) is 4.15. The van der Waals surface area contributed by atoms with Crippen molar-refractivity contribution in [3.63, 3.8) is 0 Å². The Hall–Kier alpha value is -2.07. The maximum absolute atomic E-state index is 5.69. The number of ether oxygens (including phenoxy) is 1. The zero-order valence-corrected chi connectivity index (χ0v) is 10.6. The van der Waals surface area contributed by atoms with Gasteiger partial charge >= 0.3 is 0 Å². The third-order valence-corrected chi connectivity index (χ3v) is 2.67. The van der Waals surface area contributed by atoms with Crippen LogP contribution < -0.4 is 11.1 Å². The van der Waals surface area contributed by atoms with Gasteiger partial charge in [-0.3, -0.25) is 0 Å². The molecule has 3 N–H and O–H groups in total. The van der Waals surface area contributed by atoms with Crippen molar-refractivity contribution in [3.8, 4) is 0 Å². The van der Waals surface area contributed by atoms with Crippen LogP contribution in [0.25, 0.3) is 0 Å². The molecule has 1 aromatic carbocycles. The number of aromatic nitrogens is 1. The number of hydrogen-bond donors (Lipinski definition) is 2. The number of aryl methyl sites for hydroxylation is 1. The molecule has 2 rings (SSSR count). The Morgan fingerprint density at radius 3 is 2.83 bits per heavy atom. The molecule has 0 amide bonds. The van der Waals surface area contributed by atoms with Gasteiger partial charge in [-0.05, 0) is 24.6 Å². The highest BCUT2D eigenvalue weighted by molar-refractivity contribution is 5.64. The molecule has 1 heterocycles. The summed E-state index contributed by atoms with van der Waals surface area (Å²) in [4.78, 5) is 4.30. The molecule has 0 aliphatic carbocycles. The lowest BCUT2D eigenvalue weighted by atomic mass is 10.2. The zero-order chi connectivity index (χ0) is 13.0. The average molecular weight is 243 g/mol. The summed E-state index contributed by atoms with van der Waals surface area (Å²) in [6.45, 7) is 2.54. The molecule has 18 heavy (non-hydrogen) atoms. The molecule has 0 atom stereocenters. The van der Waals surface area contributed by atoms with E-state index in [0.29, 0.717) is 12.3 Å². The Balaban J connectivity index is 2.28. The molecule has 0 saturated heterocycles. The number of nitrogen functional groups attached to an aromatic ring is 1. The van der Waals surface area contributed by atoms with E-state index in [9.17, 15) is 0 Å². The first-order valence-electron chi connectivity index (χ1n) is 5.76. The fourth-order valence-corrected chi connectivity index (χ4v) is 1.78. The Morgan fingerprint density at radius 1 is 1.33 bits per heavy atom. The molecule has 0 aliphatic rings. The van der Waals surface area contributed by atoms with Crippen molar-refractivity contribution in [3.05, 3.63) is 47.7 Å². The highest BCUT2D eigenvalue weighted by Gasteiger charge is 2.05.